The summed E-state index contributed by atoms with van der Waals surface area (Å²) in [5, 5.41) is 4.32. The standard InChI is InChI=1S/C16H26ClNO/c1-6-18-14(12-10-8-9-11-13(12)17)15(19-7-2)16(3,4)5/h8-11,14-15,18H,6-7H2,1-5H3. The Bertz CT molecular complexity index is 387. The lowest BCUT2D eigenvalue weighted by atomic mass is 9.82. The van der Waals surface area contributed by atoms with E-state index in [4.69, 9.17) is 16.3 Å². The number of halogens is 1. The summed E-state index contributed by atoms with van der Waals surface area (Å²) in [6.07, 6.45) is 0.0809. The first-order valence-electron chi connectivity index (χ1n) is 7.01. The molecule has 1 N–H and O–H groups in total. The number of likely N-dealkylation sites (N-methyl/N-ethyl adjacent to an activating group) is 1. The zero-order valence-electron chi connectivity index (χ0n) is 12.7. The van der Waals surface area contributed by atoms with Crippen molar-refractivity contribution in [3.05, 3.63) is 34.9 Å². The lowest BCUT2D eigenvalue weighted by molar-refractivity contribution is -0.0362. The lowest BCUT2D eigenvalue weighted by Gasteiger charge is -2.37. The predicted molar refractivity (Wildman–Crippen MR) is 82.7 cm³/mol. The Morgan fingerprint density at radius 3 is 2.32 bits per heavy atom. The molecule has 0 radical (unpaired) electrons. The second kappa shape index (κ2) is 7.28. The van der Waals surface area contributed by atoms with E-state index in [0.29, 0.717) is 6.61 Å². The van der Waals surface area contributed by atoms with Crippen molar-refractivity contribution in [2.75, 3.05) is 13.2 Å². The van der Waals surface area contributed by atoms with Gasteiger partial charge in [-0.3, -0.25) is 0 Å². The minimum absolute atomic E-state index is 0.0437. The molecule has 0 heterocycles. The molecule has 19 heavy (non-hydrogen) atoms. The van der Waals surface area contributed by atoms with E-state index in [0.717, 1.165) is 17.1 Å². The zero-order chi connectivity index (χ0) is 14.5. The van der Waals surface area contributed by atoms with E-state index in [2.05, 4.69) is 39.1 Å². The molecule has 2 nitrogen and oxygen atoms in total. The maximum Gasteiger partial charge on any atom is 0.0818 e. The molecule has 1 aromatic carbocycles. The number of hydrogen-bond donors (Lipinski definition) is 1. The zero-order valence-corrected chi connectivity index (χ0v) is 13.4. The molecule has 0 fully saturated rings. The van der Waals surface area contributed by atoms with Crippen LogP contribution in [0, 0.1) is 5.41 Å². The van der Waals surface area contributed by atoms with E-state index < -0.39 is 0 Å². The lowest BCUT2D eigenvalue weighted by Crippen LogP contribution is -2.42. The van der Waals surface area contributed by atoms with Crippen LogP contribution in [0.2, 0.25) is 5.02 Å². The number of ether oxygens (including phenoxy) is 1. The van der Waals surface area contributed by atoms with Gasteiger partial charge in [0.2, 0.25) is 0 Å². The van der Waals surface area contributed by atoms with Gasteiger partial charge in [-0.2, -0.15) is 0 Å². The van der Waals surface area contributed by atoms with Crippen LogP contribution in [-0.2, 0) is 4.74 Å². The van der Waals surface area contributed by atoms with E-state index in [-0.39, 0.29) is 17.6 Å². The second-order valence-corrected chi connectivity index (χ2v) is 6.21. The van der Waals surface area contributed by atoms with Gasteiger partial charge in [0.1, 0.15) is 0 Å². The molecule has 3 heteroatoms. The summed E-state index contributed by atoms with van der Waals surface area (Å²) in [7, 11) is 0. The quantitative estimate of drug-likeness (QED) is 0.833. The molecule has 0 amide bonds. The third kappa shape index (κ3) is 4.48. The number of rotatable bonds is 6. The average Bonchev–Trinajstić information content (AvgIpc) is 2.33. The number of hydrogen-bond acceptors (Lipinski definition) is 2. The van der Waals surface area contributed by atoms with Crippen LogP contribution >= 0.6 is 11.6 Å². The first-order chi connectivity index (χ1) is 8.91. The van der Waals surface area contributed by atoms with Crippen LogP contribution in [0.15, 0.2) is 24.3 Å². The molecule has 108 valence electrons. The minimum atomic E-state index is 0.0437. The SMILES string of the molecule is CCNC(c1ccccc1Cl)C(OCC)C(C)(C)C. The van der Waals surface area contributed by atoms with Gasteiger partial charge in [0.25, 0.3) is 0 Å². The number of nitrogens with one attached hydrogen (secondary N) is 1. The minimum Gasteiger partial charge on any atom is -0.376 e. The van der Waals surface area contributed by atoms with Crippen molar-refractivity contribution in [2.45, 2.75) is 46.8 Å². The molecule has 1 rings (SSSR count). The van der Waals surface area contributed by atoms with Crippen LogP contribution in [0.1, 0.15) is 46.2 Å². The molecule has 2 unspecified atom stereocenters. The van der Waals surface area contributed by atoms with Crippen LogP contribution in [0.4, 0.5) is 0 Å². The van der Waals surface area contributed by atoms with Gasteiger partial charge < -0.3 is 10.1 Å². The van der Waals surface area contributed by atoms with Gasteiger partial charge in [0, 0.05) is 11.6 Å². The summed E-state index contributed by atoms with van der Waals surface area (Å²) in [6, 6.07) is 8.11. The van der Waals surface area contributed by atoms with Crippen molar-refractivity contribution >= 4 is 11.6 Å². The van der Waals surface area contributed by atoms with Crippen molar-refractivity contribution in [1.82, 2.24) is 5.32 Å². The second-order valence-electron chi connectivity index (χ2n) is 5.80. The van der Waals surface area contributed by atoms with Gasteiger partial charge in [-0.05, 0) is 30.5 Å². The van der Waals surface area contributed by atoms with Crippen LogP contribution < -0.4 is 5.32 Å². The van der Waals surface area contributed by atoms with Crippen molar-refractivity contribution in [3.63, 3.8) is 0 Å². The highest BCUT2D eigenvalue weighted by molar-refractivity contribution is 6.31. The van der Waals surface area contributed by atoms with Gasteiger partial charge in [-0.15, -0.1) is 0 Å². The molecule has 2 atom stereocenters. The highest BCUT2D eigenvalue weighted by Gasteiger charge is 2.34. The predicted octanol–water partition coefficient (Wildman–Crippen LogP) is 4.44. The third-order valence-corrected chi connectivity index (χ3v) is 3.51. The Morgan fingerprint density at radius 1 is 1.21 bits per heavy atom. The van der Waals surface area contributed by atoms with Crippen molar-refractivity contribution in [2.24, 2.45) is 5.41 Å². The Balaban J connectivity index is 3.14. The van der Waals surface area contributed by atoms with Gasteiger partial charge >= 0.3 is 0 Å². The average molecular weight is 284 g/mol. The normalized spacial score (nSPS) is 15.3. The first-order valence-corrected chi connectivity index (χ1v) is 7.39. The molecule has 1 aromatic rings. The van der Waals surface area contributed by atoms with E-state index in [1.807, 2.05) is 25.1 Å². The van der Waals surface area contributed by atoms with Crippen LogP contribution in [0.3, 0.4) is 0 Å². The highest BCUT2D eigenvalue weighted by Crippen LogP contribution is 2.35. The van der Waals surface area contributed by atoms with Gasteiger partial charge in [0.05, 0.1) is 12.1 Å². The fourth-order valence-electron chi connectivity index (χ4n) is 2.35. The summed E-state index contributed by atoms with van der Waals surface area (Å²) in [6.45, 7) is 12.3. The Hall–Kier alpha value is -0.570. The van der Waals surface area contributed by atoms with E-state index >= 15 is 0 Å². The summed E-state index contributed by atoms with van der Waals surface area (Å²) >= 11 is 6.35. The van der Waals surface area contributed by atoms with E-state index in [1.54, 1.807) is 0 Å². The summed E-state index contributed by atoms with van der Waals surface area (Å²) in [5.41, 5.74) is 1.15. The van der Waals surface area contributed by atoms with Crippen LogP contribution in [0.25, 0.3) is 0 Å². The molecule has 0 aromatic heterocycles. The fraction of sp³-hybridized carbons (Fsp3) is 0.625. The molecule has 0 saturated carbocycles. The molecule has 0 aliphatic heterocycles. The molecule has 0 aliphatic carbocycles. The summed E-state index contributed by atoms with van der Waals surface area (Å²) < 4.78 is 6.01. The van der Waals surface area contributed by atoms with Gasteiger partial charge in [0.15, 0.2) is 0 Å². The van der Waals surface area contributed by atoms with Crippen LogP contribution in [0.5, 0.6) is 0 Å². The van der Waals surface area contributed by atoms with Crippen LogP contribution in [-0.4, -0.2) is 19.3 Å². The third-order valence-electron chi connectivity index (χ3n) is 3.17. The van der Waals surface area contributed by atoms with Crippen molar-refractivity contribution in [3.8, 4) is 0 Å². The Kier molecular flexibility index (Phi) is 6.31. The topological polar surface area (TPSA) is 21.3 Å². The van der Waals surface area contributed by atoms with Gasteiger partial charge in [-0.1, -0.05) is 57.5 Å². The van der Waals surface area contributed by atoms with E-state index in [9.17, 15) is 0 Å². The molecule has 0 aliphatic rings. The fourth-order valence-corrected chi connectivity index (χ4v) is 2.61. The van der Waals surface area contributed by atoms with E-state index in [1.165, 1.54) is 0 Å². The first kappa shape index (κ1) is 16.5. The summed E-state index contributed by atoms with van der Waals surface area (Å²) in [5.74, 6) is 0. The van der Waals surface area contributed by atoms with Gasteiger partial charge in [-0.25, -0.2) is 0 Å². The smallest absolute Gasteiger partial charge is 0.0818 e. The van der Waals surface area contributed by atoms with Crippen molar-refractivity contribution in [1.29, 1.82) is 0 Å². The molecular formula is C16H26ClNO. The summed E-state index contributed by atoms with van der Waals surface area (Å²) in [4.78, 5) is 0. The Labute approximate surface area is 122 Å². The molecule has 0 spiro atoms. The highest BCUT2D eigenvalue weighted by atomic mass is 35.5. The maximum atomic E-state index is 6.35. The Morgan fingerprint density at radius 2 is 1.84 bits per heavy atom. The van der Waals surface area contributed by atoms with Crippen molar-refractivity contribution < 1.29 is 4.74 Å². The molecular weight excluding hydrogens is 258 g/mol. The largest absolute Gasteiger partial charge is 0.376 e. The molecule has 0 saturated heterocycles. The molecule has 0 bridgehead atoms. The maximum absolute atomic E-state index is 6.35. The monoisotopic (exact) mass is 283 g/mol. The number of benzene rings is 1.